The summed E-state index contributed by atoms with van der Waals surface area (Å²) in [5.74, 6) is 0.212. The molecule has 2 aromatic carbocycles. The van der Waals surface area contributed by atoms with E-state index in [1.54, 1.807) is 11.8 Å². The van der Waals surface area contributed by atoms with Crippen molar-refractivity contribution >= 4 is 11.8 Å². The Kier molecular flexibility index (Phi) is 7.80. The molecule has 0 saturated heterocycles. The van der Waals surface area contributed by atoms with Crippen molar-refractivity contribution in [2.45, 2.75) is 53.6 Å². The zero-order valence-corrected chi connectivity index (χ0v) is 17.7. The standard InChI is InChI=1S/C24H32N2O2/c1-17(2)15-25-24(28)20(5)26(16-21-9-7-6-8-10-21)23(27)14-22-12-18(3)11-19(4)13-22/h6-13,17,20H,14-16H2,1-5H3,(H,25,28)/t20-/m1/s1. The first-order chi connectivity index (χ1) is 13.3. The summed E-state index contributed by atoms with van der Waals surface area (Å²) in [5.41, 5.74) is 4.27. The van der Waals surface area contributed by atoms with Crippen molar-refractivity contribution in [3.05, 3.63) is 70.8 Å². The maximum atomic E-state index is 13.2. The molecular formula is C24H32N2O2. The van der Waals surface area contributed by atoms with Crippen molar-refractivity contribution in [1.82, 2.24) is 10.2 Å². The number of hydrogen-bond acceptors (Lipinski definition) is 2. The minimum atomic E-state index is -0.530. The number of nitrogens with zero attached hydrogens (tertiary/aromatic N) is 1. The lowest BCUT2D eigenvalue weighted by atomic mass is 10.0. The molecule has 0 radical (unpaired) electrons. The van der Waals surface area contributed by atoms with Gasteiger partial charge in [-0.1, -0.05) is 73.5 Å². The van der Waals surface area contributed by atoms with E-state index in [1.807, 2.05) is 56.3 Å². The minimum absolute atomic E-state index is 0.0407. The average Bonchev–Trinajstić information content (AvgIpc) is 2.63. The number of nitrogens with one attached hydrogen (secondary N) is 1. The third-order valence-electron chi connectivity index (χ3n) is 4.68. The summed E-state index contributed by atoms with van der Waals surface area (Å²) in [6.07, 6.45) is 0.289. The van der Waals surface area contributed by atoms with Gasteiger partial charge in [-0.25, -0.2) is 0 Å². The Balaban J connectivity index is 2.20. The van der Waals surface area contributed by atoms with Crippen LogP contribution in [0.2, 0.25) is 0 Å². The quantitative estimate of drug-likeness (QED) is 0.751. The number of carbonyl (C=O) groups excluding carboxylic acids is 2. The maximum Gasteiger partial charge on any atom is 0.242 e. The molecule has 0 aromatic heterocycles. The lowest BCUT2D eigenvalue weighted by molar-refractivity contribution is -0.140. The van der Waals surface area contributed by atoms with Crippen LogP contribution in [0.3, 0.4) is 0 Å². The topological polar surface area (TPSA) is 49.4 Å². The first kappa shape index (κ1) is 21.7. The van der Waals surface area contributed by atoms with Crippen molar-refractivity contribution in [2.75, 3.05) is 6.54 Å². The van der Waals surface area contributed by atoms with Gasteiger partial charge >= 0.3 is 0 Å². The van der Waals surface area contributed by atoms with Gasteiger partial charge < -0.3 is 10.2 Å². The number of carbonyl (C=O) groups is 2. The smallest absolute Gasteiger partial charge is 0.242 e. The molecule has 4 nitrogen and oxygen atoms in total. The third-order valence-corrected chi connectivity index (χ3v) is 4.68. The number of rotatable bonds is 8. The van der Waals surface area contributed by atoms with Crippen LogP contribution in [0, 0.1) is 19.8 Å². The van der Waals surface area contributed by atoms with Gasteiger partial charge in [0.1, 0.15) is 6.04 Å². The van der Waals surface area contributed by atoms with E-state index in [1.165, 1.54) is 0 Å². The van der Waals surface area contributed by atoms with E-state index in [4.69, 9.17) is 0 Å². The molecule has 0 aliphatic carbocycles. The van der Waals surface area contributed by atoms with Gasteiger partial charge in [-0.2, -0.15) is 0 Å². The fraction of sp³-hybridized carbons (Fsp3) is 0.417. The van der Waals surface area contributed by atoms with E-state index in [9.17, 15) is 9.59 Å². The Hall–Kier alpha value is -2.62. The molecule has 1 N–H and O–H groups in total. The molecule has 4 heteroatoms. The largest absolute Gasteiger partial charge is 0.354 e. The SMILES string of the molecule is Cc1cc(C)cc(CC(=O)N(Cc2ccccc2)[C@H](C)C(=O)NCC(C)C)c1. The molecule has 0 bridgehead atoms. The Morgan fingerprint density at radius 2 is 1.54 bits per heavy atom. The molecule has 2 rings (SSSR count). The lowest BCUT2D eigenvalue weighted by Gasteiger charge is -2.29. The number of benzene rings is 2. The van der Waals surface area contributed by atoms with Crippen LogP contribution in [0.4, 0.5) is 0 Å². The van der Waals surface area contributed by atoms with Gasteiger partial charge in [-0.15, -0.1) is 0 Å². The highest BCUT2D eigenvalue weighted by atomic mass is 16.2. The fourth-order valence-corrected chi connectivity index (χ4v) is 3.26. The summed E-state index contributed by atoms with van der Waals surface area (Å²) < 4.78 is 0. The number of amides is 2. The fourth-order valence-electron chi connectivity index (χ4n) is 3.26. The van der Waals surface area contributed by atoms with Crippen LogP contribution >= 0.6 is 0 Å². The average molecular weight is 381 g/mol. The molecule has 1 atom stereocenters. The predicted molar refractivity (Wildman–Crippen MR) is 114 cm³/mol. The molecule has 0 unspecified atom stereocenters. The predicted octanol–water partition coefficient (Wildman–Crippen LogP) is 4.04. The summed E-state index contributed by atoms with van der Waals surface area (Å²) in [6, 6.07) is 15.5. The first-order valence-corrected chi connectivity index (χ1v) is 9.94. The lowest BCUT2D eigenvalue weighted by Crippen LogP contribution is -2.48. The zero-order chi connectivity index (χ0) is 20.7. The summed E-state index contributed by atoms with van der Waals surface area (Å²) >= 11 is 0. The van der Waals surface area contributed by atoms with Gasteiger partial charge in [0.05, 0.1) is 6.42 Å². The Morgan fingerprint density at radius 3 is 2.11 bits per heavy atom. The normalized spacial score (nSPS) is 11.9. The Morgan fingerprint density at radius 1 is 0.929 bits per heavy atom. The van der Waals surface area contributed by atoms with E-state index in [2.05, 4.69) is 25.2 Å². The summed E-state index contributed by atoms with van der Waals surface area (Å²) in [4.78, 5) is 27.5. The van der Waals surface area contributed by atoms with Crippen molar-refractivity contribution in [2.24, 2.45) is 5.92 Å². The van der Waals surface area contributed by atoms with Gasteiger partial charge in [0.15, 0.2) is 0 Å². The second kappa shape index (κ2) is 10.1. The van der Waals surface area contributed by atoms with Gasteiger partial charge in [0.25, 0.3) is 0 Å². The molecule has 0 spiro atoms. The summed E-state index contributed by atoms with van der Waals surface area (Å²) in [6.45, 7) is 11.0. The molecule has 150 valence electrons. The summed E-state index contributed by atoms with van der Waals surface area (Å²) in [7, 11) is 0. The minimum Gasteiger partial charge on any atom is -0.354 e. The Bertz CT molecular complexity index is 779. The highest BCUT2D eigenvalue weighted by Gasteiger charge is 2.26. The molecule has 0 fully saturated rings. The highest BCUT2D eigenvalue weighted by Crippen LogP contribution is 2.15. The van der Waals surface area contributed by atoms with Gasteiger partial charge in [-0.3, -0.25) is 9.59 Å². The molecule has 0 heterocycles. The van der Waals surface area contributed by atoms with Crippen LogP contribution < -0.4 is 5.32 Å². The van der Waals surface area contributed by atoms with Crippen molar-refractivity contribution in [3.63, 3.8) is 0 Å². The Labute approximate surface area is 169 Å². The molecule has 0 aliphatic heterocycles. The molecular weight excluding hydrogens is 348 g/mol. The van der Waals surface area contributed by atoms with Gasteiger partial charge in [0, 0.05) is 13.1 Å². The van der Waals surface area contributed by atoms with E-state index in [0.717, 1.165) is 22.3 Å². The van der Waals surface area contributed by atoms with Crippen molar-refractivity contribution in [1.29, 1.82) is 0 Å². The van der Waals surface area contributed by atoms with E-state index in [-0.39, 0.29) is 18.2 Å². The first-order valence-electron chi connectivity index (χ1n) is 9.94. The second-order valence-corrected chi connectivity index (χ2v) is 7.99. The third kappa shape index (κ3) is 6.52. The van der Waals surface area contributed by atoms with Crippen LogP contribution in [-0.4, -0.2) is 29.3 Å². The second-order valence-electron chi connectivity index (χ2n) is 7.99. The summed E-state index contributed by atoms with van der Waals surface area (Å²) in [5, 5.41) is 2.95. The molecule has 0 aliphatic rings. The van der Waals surface area contributed by atoms with Crippen LogP contribution in [-0.2, 0) is 22.6 Å². The van der Waals surface area contributed by atoms with Gasteiger partial charge in [0.2, 0.25) is 11.8 Å². The van der Waals surface area contributed by atoms with Crippen LogP contribution in [0.25, 0.3) is 0 Å². The van der Waals surface area contributed by atoms with E-state index < -0.39 is 6.04 Å². The molecule has 0 saturated carbocycles. The van der Waals surface area contributed by atoms with E-state index >= 15 is 0 Å². The van der Waals surface area contributed by atoms with Crippen molar-refractivity contribution in [3.8, 4) is 0 Å². The van der Waals surface area contributed by atoms with Crippen LogP contribution in [0.15, 0.2) is 48.5 Å². The van der Waals surface area contributed by atoms with E-state index in [0.29, 0.717) is 19.0 Å². The number of hydrogen-bond donors (Lipinski definition) is 1. The molecule has 2 aromatic rings. The molecule has 28 heavy (non-hydrogen) atoms. The van der Waals surface area contributed by atoms with Crippen LogP contribution in [0.1, 0.15) is 43.0 Å². The van der Waals surface area contributed by atoms with Crippen molar-refractivity contribution < 1.29 is 9.59 Å². The zero-order valence-electron chi connectivity index (χ0n) is 17.7. The molecule has 2 amide bonds. The van der Waals surface area contributed by atoms with Crippen LogP contribution in [0.5, 0.6) is 0 Å². The highest BCUT2D eigenvalue weighted by molar-refractivity contribution is 5.88. The maximum absolute atomic E-state index is 13.2. The monoisotopic (exact) mass is 380 g/mol. The number of aryl methyl sites for hydroxylation is 2. The van der Waals surface area contributed by atoms with Gasteiger partial charge in [-0.05, 0) is 37.8 Å².